The van der Waals surface area contributed by atoms with Crippen LogP contribution in [0, 0.1) is 4.64 Å². The van der Waals surface area contributed by atoms with E-state index in [1.54, 1.807) is 0 Å². The maximum absolute atomic E-state index is 4.76. The van der Waals surface area contributed by atoms with Crippen molar-refractivity contribution in [2.24, 2.45) is 0 Å². The number of aromatic amines is 1. The Morgan fingerprint density at radius 3 is 2.20 bits per heavy atom. The van der Waals surface area contributed by atoms with Crippen LogP contribution in [0.3, 0.4) is 0 Å². The summed E-state index contributed by atoms with van der Waals surface area (Å²) in [4.78, 5) is 2.90. The van der Waals surface area contributed by atoms with E-state index < -0.39 is 0 Å². The molecule has 0 bridgehead atoms. The molecule has 0 atom stereocenters. The molecule has 0 aromatic carbocycles. The van der Waals surface area contributed by atoms with E-state index in [2.05, 4.69) is 17.2 Å². The van der Waals surface area contributed by atoms with Gasteiger partial charge in [-0.25, -0.2) is 0 Å². The summed E-state index contributed by atoms with van der Waals surface area (Å²) in [6, 6.07) is 5.74. The van der Waals surface area contributed by atoms with E-state index in [9.17, 15) is 0 Å². The van der Waals surface area contributed by atoms with Crippen molar-refractivity contribution in [1.82, 2.24) is 4.98 Å². The Bertz CT molecular complexity index is 197. The van der Waals surface area contributed by atoms with Gasteiger partial charge in [-0.1, -0.05) is 6.07 Å². The second-order valence-corrected chi connectivity index (χ2v) is 3.60. The van der Waals surface area contributed by atoms with Crippen molar-refractivity contribution in [2.45, 2.75) is 0 Å². The summed E-state index contributed by atoms with van der Waals surface area (Å²) in [5.41, 5.74) is 0. The van der Waals surface area contributed by atoms with E-state index in [0.717, 1.165) is 4.64 Å². The van der Waals surface area contributed by atoms with Crippen LogP contribution in [0.15, 0.2) is 24.4 Å². The number of nitrogens with one attached hydrogen (secondary N) is 1. The molecule has 10 heavy (non-hydrogen) atoms. The second-order valence-electron chi connectivity index (χ2n) is 1.30. The van der Waals surface area contributed by atoms with Crippen molar-refractivity contribution >= 4 is 32.4 Å². The molecule has 1 rings (SSSR count). The zero-order valence-corrected chi connectivity index (χ0v) is 8.38. The van der Waals surface area contributed by atoms with Gasteiger partial charge in [-0.3, -0.25) is 0 Å². The molecule has 0 radical (unpaired) electrons. The van der Waals surface area contributed by atoms with Gasteiger partial charge in [0.15, 0.2) is 12.2 Å². The maximum Gasteiger partial charge on any atom is 0.292 e. The van der Waals surface area contributed by atoms with Crippen LogP contribution in [0.1, 0.15) is 0 Å². The fraction of sp³-hybridized carbons (Fsp3) is 0. The Morgan fingerprint density at radius 2 is 2.00 bits per heavy atom. The van der Waals surface area contributed by atoms with Crippen LogP contribution >= 0.6 is 20.2 Å². The van der Waals surface area contributed by atoms with Crippen LogP contribution in [0.2, 0.25) is 0 Å². The van der Waals surface area contributed by atoms with E-state index in [1.165, 1.54) is 0 Å². The SMILES string of the molecule is [Cl][Fe+][Cl].[SH+]=c1cccc[nH]1. The minimum absolute atomic E-state index is 0.194. The summed E-state index contributed by atoms with van der Waals surface area (Å²) in [6.45, 7) is 0. The summed E-state index contributed by atoms with van der Waals surface area (Å²) in [6.07, 6.45) is 1.84. The van der Waals surface area contributed by atoms with Gasteiger partial charge < -0.3 is 4.98 Å². The molecule has 0 unspecified atom stereocenters. The molecule has 0 aliphatic rings. The second kappa shape index (κ2) is 7.58. The normalized spacial score (nSPS) is 7.80. The Kier molecular flexibility index (Phi) is 7.93. The third-order valence-electron chi connectivity index (χ3n) is 0.693. The fourth-order valence-electron chi connectivity index (χ4n) is 0.384. The van der Waals surface area contributed by atoms with Crippen LogP contribution in [-0.2, 0) is 25.4 Å². The summed E-state index contributed by atoms with van der Waals surface area (Å²) in [5, 5.41) is 0. The number of aromatic nitrogens is 1. The first-order valence-electron chi connectivity index (χ1n) is 2.32. The zero-order valence-electron chi connectivity index (χ0n) is 4.87. The van der Waals surface area contributed by atoms with Crippen LogP contribution in [0.4, 0.5) is 0 Å². The predicted octanol–water partition coefficient (Wildman–Crippen LogP) is 2.20. The molecule has 0 saturated carbocycles. The topological polar surface area (TPSA) is 15.8 Å². The van der Waals surface area contributed by atoms with Gasteiger partial charge in [0.2, 0.25) is 0 Å². The number of hydrogen-bond acceptors (Lipinski definition) is 0. The molecule has 0 saturated heterocycles. The number of halogens is 2. The molecule has 0 aliphatic heterocycles. The smallest absolute Gasteiger partial charge is 0.292 e. The van der Waals surface area contributed by atoms with Gasteiger partial charge in [-0.2, -0.15) is 0 Å². The molecule has 0 amide bonds. The number of pyridine rings is 1. The maximum atomic E-state index is 4.76. The van der Waals surface area contributed by atoms with Gasteiger partial charge in [-0.15, -0.1) is 0 Å². The molecule has 5 heteroatoms. The van der Waals surface area contributed by atoms with Crippen molar-refractivity contribution < 1.29 is 13.1 Å². The Morgan fingerprint density at radius 1 is 1.40 bits per heavy atom. The van der Waals surface area contributed by atoms with Gasteiger partial charge >= 0.3 is 33.3 Å². The van der Waals surface area contributed by atoms with Gasteiger partial charge in [-0.05, 0) is 6.07 Å². The molecule has 0 spiro atoms. The number of H-pyrrole nitrogens is 1. The first-order chi connectivity index (χ1) is 4.81. The molecular formula is C5H6Cl2FeNS+2. The zero-order chi connectivity index (χ0) is 7.82. The summed E-state index contributed by atoms with van der Waals surface area (Å²) >= 11 is 4.22. The summed E-state index contributed by atoms with van der Waals surface area (Å²) in [7, 11) is 9.53. The van der Waals surface area contributed by atoms with Crippen molar-refractivity contribution in [3.05, 3.63) is 29.0 Å². The van der Waals surface area contributed by atoms with Crippen LogP contribution in [-0.4, -0.2) is 4.98 Å². The van der Waals surface area contributed by atoms with Crippen LogP contribution < -0.4 is 0 Å². The largest absolute Gasteiger partial charge is 0.315 e. The third kappa shape index (κ3) is 6.59. The quantitative estimate of drug-likeness (QED) is 0.309. The number of hydrogen-bond donors (Lipinski definition) is 1. The third-order valence-corrected chi connectivity index (χ3v) is 0.971. The molecule has 1 heterocycles. The van der Waals surface area contributed by atoms with Gasteiger partial charge in [0.25, 0.3) is 4.64 Å². The molecule has 0 fully saturated rings. The van der Waals surface area contributed by atoms with Gasteiger partial charge in [0.05, 0.1) is 0 Å². The average Bonchev–Trinajstić information content (AvgIpc) is 1.91. The molecule has 1 N–H and O–H groups in total. The number of thiol groups is 1. The molecule has 1 aromatic heterocycles. The van der Waals surface area contributed by atoms with E-state index >= 15 is 0 Å². The first-order valence-corrected chi connectivity index (χ1v) is 5.80. The monoisotopic (exact) mass is 238 g/mol. The van der Waals surface area contributed by atoms with Crippen molar-refractivity contribution in [1.29, 1.82) is 0 Å². The van der Waals surface area contributed by atoms with Crippen molar-refractivity contribution in [3.63, 3.8) is 0 Å². The molecule has 57 valence electrons. The summed E-state index contributed by atoms with van der Waals surface area (Å²) in [5.74, 6) is 0. The number of rotatable bonds is 0. The fourth-order valence-corrected chi connectivity index (χ4v) is 0.544. The van der Waals surface area contributed by atoms with Crippen LogP contribution in [0.25, 0.3) is 0 Å². The minimum atomic E-state index is 0.194. The molecular weight excluding hydrogens is 233 g/mol. The Hall–Kier alpha value is 0.469. The molecule has 1 nitrogen and oxygen atoms in total. The van der Waals surface area contributed by atoms with Crippen molar-refractivity contribution in [2.75, 3.05) is 0 Å². The Labute approximate surface area is 79.4 Å². The molecule has 0 aliphatic carbocycles. The van der Waals surface area contributed by atoms with E-state index in [4.69, 9.17) is 20.2 Å². The minimum Gasteiger partial charge on any atom is -0.315 e. The van der Waals surface area contributed by atoms with E-state index in [1.807, 2.05) is 24.4 Å². The standard InChI is InChI=1S/C5H5NS.2ClH.Fe/c7-5-3-1-2-4-6-5;;;/h1-4H,(H,6,7);2*1H;/q;;;+3/p-1. The van der Waals surface area contributed by atoms with Gasteiger partial charge in [0.1, 0.15) is 0 Å². The van der Waals surface area contributed by atoms with E-state index in [-0.39, 0.29) is 13.1 Å². The van der Waals surface area contributed by atoms with Crippen molar-refractivity contribution in [3.8, 4) is 0 Å². The first kappa shape index (κ1) is 10.5. The average molecular weight is 239 g/mol. The predicted molar refractivity (Wildman–Crippen MR) is 44.5 cm³/mol. The molecule has 1 aromatic rings. The van der Waals surface area contributed by atoms with E-state index in [0.29, 0.717) is 0 Å². The Balaban J connectivity index is 0.000000236. The van der Waals surface area contributed by atoms with Gasteiger partial charge in [0, 0.05) is 12.3 Å². The summed E-state index contributed by atoms with van der Waals surface area (Å²) < 4.78 is 0.891. The van der Waals surface area contributed by atoms with Crippen LogP contribution in [0.5, 0.6) is 0 Å².